The molecule has 0 saturated heterocycles. The maximum Gasteiger partial charge on any atom is 0.337 e. The number of methoxy groups -OCH3 is 1. The Morgan fingerprint density at radius 1 is 1.67 bits per heavy atom. The van der Waals surface area contributed by atoms with Gasteiger partial charge in [-0.1, -0.05) is 15.9 Å². The van der Waals surface area contributed by atoms with E-state index in [-0.39, 0.29) is 5.57 Å². The number of alkyl halides is 1. The van der Waals surface area contributed by atoms with E-state index in [1.807, 2.05) is 0 Å². The third-order valence-corrected chi connectivity index (χ3v) is 1.30. The van der Waals surface area contributed by atoms with Crippen molar-refractivity contribution in [1.29, 1.82) is 0 Å². The normalized spacial score (nSPS) is 13.0. The second-order valence-electron chi connectivity index (χ2n) is 2.04. The van der Waals surface area contributed by atoms with Crippen LogP contribution in [0.5, 0.6) is 0 Å². The molecular weight excluding hydrogens is 227 g/mol. The number of ether oxygens (including phenoxy) is 1. The van der Waals surface area contributed by atoms with Gasteiger partial charge in [-0.15, -0.1) is 0 Å². The van der Waals surface area contributed by atoms with Crippen molar-refractivity contribution in [1.82, 2.24) is 0 Å². The van der Waals surface area contributed by atoms with Crippen molar-refractivity contribution in [3.63, 3.8) is 0 Å². The highest BCUT2D eigenvalue weighted by Gasteiger charge is 2.05. The molecule has 0 aromatic rings. The fraction of sp³-hybridized carbons (Fsp3) is 0.375. The summed E-state index contributed by atoms with van der Waals surface area (Å²) in [4.78, 5) is 10.9. The molecule has 12 heavy (non-hydrogen) atoms. The first-order chi connectivity index (χ1) is 5.61. The van der Waals surface area contributed by atoms with Crippen molar-refractivity contribution >= 4 is 21.9 Å². The van der Waals surface area contributed by atoms with E-state index in [0.717, 1.165) is 10.6 Å². The summed E-state index contributed by atoms with van der Waals surface area (Å²) in [6.45, 7) is 1.07. The first-order valence-corrected chi connectivity index (χ1v) is 4.09. The number of halogens is 2. The number of carbonyl (C=O) groups excluding carboxylic acids is 1. The van der Waals surface area contributed by atoms with Crippen molar-refractivity contribution in [3.05, 3.63) is 22.2 Å². The summed E-state index contributed by atoms with van der Waals surface area (Å²) in [5.41, 5.74) is 0.217. The number of rotatable bonds is 3. The van der Waals surface area contributed by atoms with Gasteiger partial charge in [0.1, 0.15) is 6.67 Å². The average Bonchev–Trinajstić information content (AvgIpc) is 2.01. The SMILES string of the molecule is COC(=O)C(/C=C(\C)Br)=C/CF. The van der Waals surface area contributed by atoms with Crippen molar-refractivity contribution in [2.75, 3.05) is 13.8 Å². The number of allylic oxidation sites excluding steroid dienone is 2. The van der Waals surface area contributed by atoms with Gasteiger partial charge in [0.05, 0.1) is 12.7 Å². The molecule has 0 unspecified atom stereocenters. The van der Waals surface area contributed by atoms with E-state index >= 15 is 0 Å². The van der Waals surface area contributed by atoms with E-state index in [2.05, 4.69) is 20.7 Å². The van der Waals surface area contributed by atoms with Gasteiger partial charge in [-0.05, 0) is 23.6 Å². The van der Waals surface area contributed by atoms with Crippen LogP contribution in [0.3, 0.4) is 0 Å². The van der Waals surface area contributed by atoms with Crippen LogP contribution in [0.2, 0.25) is 0 Å². The molecule has 0 spiro atoms. The fourth-order valence-electron chi connectivity index (χ4n) is 0.616. The van der Waals surface area contributed by atoms with Gasteiger partial charge in [-0.2, -0.15) is 0 Å². The molecular formula is C8H10BrFO2. The molecule has 2 nitrogen and oxygen atoms in total. The third-order valence-electron chi connectivity index (χ3n) is 1.07. The molecule has 4 heteroatoms. The van der Waals surface area contributed by atoms with Gasteiger partial charge >= 0.3 is 5.97 Å². The molecule has 0 aliphatic heterocycles. The highest BCUT2D eigenvalue weighted by molar-refractivity contribution is 9.11. The Balaban J connectivity index is 4.57. The van der Waals surface area contributed by atoms with Crippen LogP contribution < -0.4 is 0 Å². The van der Waals surface area contributed by atoms with Gasteiger partial charge in [0.25, 0.3) is 0 Å². The Morgan fingerprint density at radius 3 is 2.58 bits per heavy atom. The van der Waals surface area contributed by atoms with E-state index in [1.165, 1.54) is 13.2 Å². The molecule has 0 aliphatic carbocycles. The molecule has 68 valence electrons. The minimum atomic E-state index is -0.679. The lowest BCUT2D eigenvalue weighted by molar-refractivity contribution is -0.135. The number of esters is 1. The largest absolute Gasteiger partial charge is 0.465 e. The molecule has 0 amide bonds. The van der Waals surface area contributed by atoms with Crippen LogP contribution in [0, 0.1) is 0 Å². The molecule has 0 saturated carbocycles. The van der Waals surface area contributed by atoms with Crippen molar-refractivity contribution < 1.29 is 13.9 Å². The minimum absolute atomic E-state index is 0.217. The quantitative estimate of drug-likeness (QED) is 0.428. The first-order valence-electron chi connectivity index (χ1n) is 3.30. The molecule has 0 aromatic carbocycles. The number of carbonyl (C=O) groups is 1. The topological polar surface area (TPSA) is 26.3 Å². The van der Waals surface area contributed by atoms with E-state index in [4.69, 9.17) is 0 Å². The van der Waals surface area contributed by atoms with Crippen LogP contribution in [-0.2, 0) is 9.53 Å². The van der Waals surface area contributed by atoms with Crippen molar-refractivity contribution in [3.8, 4) is 0 Å². The summed E-state index contributed by atoms with van der Waals surface area (Å²) >= 11 is 3.13. The van der Waals surface area contributed by atoms with E-state index in [1.54, 1.807) is 6.92 Å². The van der Waals surface area contributed by atoms with Gasteiger partial charge in [0.15, 0.2) is 0 Å². The second kappa shape index (κ2) is 5.94. The standard InChI is InChI=1S/C8H10BrFO2/c1-6(9)5-7(3-4-10)8(11)12-2/h3,5H,4H2,1-2H3/b6-5+,7-3+. The van der Waals surface area contributed by atoms with Crippen LogP contribution in [-0.4, -0.2) is 19.8 Å². The average molecular weight is 237 g/mol. The molecule has 0 heterocycles. The van der Waals surface area contributed by atoms with Gasteiger partial charge in [-0.25, -0.2) is 9.18 Å². The summed E-state index contributed by atoms with van der Waals surface area (Å²) in [5.74, 6) is -0.536. The maximum absolute atomic E-state index is 11.9. The van der Waals surface area contributed by atoms with Crippen LogP contribution in [0.4, 0.5) is 4.39 Å². The second-order valence-corrected chi connectivity index (χ2v) is 3.29. The zero-order valence-corrected chi connectivity index (χ0v) is 8.52. The summed E-state index contributed by atoms with van der Waals surface area (Å²) in [5, 5.41) is 0. The molecule has 0 aliphatic rings. The zero-order chi connectivity index (χ0) is 9.56. The highest BCUT2D eigenvalue weighted by Crippen LogP contribution is 2.09. The molecule has 0 fully saturated rings. The highest BCUT2D eigenvalue weighted by atomic mass is 79.9. The van der Waals surface area contributed by atoms with Gasteiger partial charge < -0.3 is 4.74 Å². The van der Waals surface area contributed by atoms with Gasteiger partial charge in [0.2, 0.25) is 0 Å². The predicted octanol–water partition coefficient (Wildman–Crippen LogP) is 2.35. The van der Waals surface area contributed by atoms with Crippen LogP contribution in [0.15, 0.2) is 22.2 Å². The summed E-state index contributed by atoms with van der Waals surface area (Å²) < 4.78 is 17.0. The number of hydrogen-bond donors (Lipinski definition) is 0. The molecule has 0 rings (SSSR count). The van der Waals surface area contributed by atoms with E-state index in [9.17, 15) is 9.18 Å². The monoisotopic (exact) mass is 236 g/mol. The fourth-order valence-corrected chi connectivity index (χ4v) is 0.863. The first kappa shape index (κ1) is 11.4. The van der Waals surface area contributed by atoms with E-state index in [0.29, 0.717) is 0 Å². The Kier molecular flexibility index (Phi) is 5.62. The minimum Gasteiger partial charge on any atom is -0.465 e. The van der Waals surface area contributed by atoms with Crippen molar-refractivity contribution in [2.24, 2.45) is 0 Å². The molecule has 0 aromatic heterocycles. The van der Waals surface area contributed by atoms with Crippen LogP contribution in [0.25, 0.3) is 0 Å². The van der Waals surface area contributed by atoms with Crippen molar-refractivity contribution in [2.45, 2.75) is 6.92 Å². The Bertz CT molecular complexity index is 217. The third kappa shape index (κ3) is 4.28. The zero-order valence-electron chi connectivity index (χ0n) is 6.93. The summed E-state index contributed by atoms with van der Waals surface area (Å²) in [6.07, 6.45) is 2.67. The maximum atomic E-state index is 11.9. The van der Waals surface area contributed by atoms with E-state index < -0.39 is 12.6 Å². The lowest BCUT2D eigenvalue weighted by atomic mass is 10.2. The molecule has 0 atom stereocenters. The molecule has 0 radical (unpaired) electrons. The van der Waals surface area contributed by atoms with Crippen LogP contribution in [0.1, 0.15) is 6.92 Å². The lowest BCUT2D eigenvalue weighted by Gasteiger charge is -1.98. The number of hydrogen-bond acceptors (Lipinski definition) is 2. The molecule has 0 bridgehead atoms. The summed E-state index contributed by atoms with van der Waals surface area (Å²) in [6, 6.07) is 0. The Morgan fingerprint density at radius 2 is 2.25 bits per heavy atom. The smallest absolute Gasteiger partial charge is 0.337 e. The molecule has 0 N–H and O–H groups in total. The predicted molar refractivity (Wildman–Crippen MR) is 48.8 cm³/mol. The van der Waals surface area contributed by atoms with Gasteiger partial charge in [-0.3, -0.25) is 0 Å². The Hall–Kier alpha value is -0.640. The lowest BCUT2D eigenvalue weighted by Crippen LogP contribution is -2.03. The Labute approximate surface area is 79.2 Å². The van der Waals surface area contributed by atoms with Gasteiger partial charge in [0, 0.05) is 0 Å². The summed E-state index contributed by atoms with van der Waals surface area (Å²) in [7, 11) is 1.26. The van der Waals surface area contributed by atoms with Crippen LogP contribution >= 0.6 is 15.9 Å².